The number of primary amides is 1. The van der Waals surface area contributed by atoms with Gasteiger partial charge in [-0.15, -0.1) is 0 Å². The molecule has 2 heterocycles. The van der Waals surface area contributed by atoms with Gasteiger partial charge in [0, 0.05) is 42.7 Å². The van der Waals surface area contributed by atoms with Gasteiger partial charge >= 0.3 is 0 Å². The number of hydrogen-bond acceptors (Lipinski definition) is 13. The molecule has 0 radical (unpaired) electrons. The number of carbonyl (C=O) groups is 7. The van der Waals surface area contributed by atoms with Gasteiger partial charge in [-0.25, -0.2) is 0 Å². The quantitative estimate of drug-likeness (QED) is 0.0171. The van der Waals surface area contributed by atoms with Crippen molar-refractivity contribution >= 4 is 75.3 Å². The number of benzene rings is 2. The lowest BCUT2D eigenvalue weighted by Gasteiger charge is -2.28. The minimum Gasteiger partial charge on any atom is -0.370 e. The van der Waals surface area contributed by atoms with Crippen LogP contribution in [0.25, 0.3) is 10.9 Å². The van der Waals surface area contributed by atoms with E-state index in [-0.39, 0.29) is 68.7 Å². The van der Waals surface area contributed by atoms with E-state index in [0.29, 0.717) is 18.4 Å². The lowest BCUT2D eigenvalue weighted by Crippen LogP contribution is -2.58. The lowest BCUT2D eigenvalue weighted by atomic mass is 10.0. The van der Waals surface area contributed by atoms with Crippen LogP contribution < -0.4 is 54.0 Å². The number of aromatic amines is 1. The Labute approximate surface area is 403 Å². The molecule has 1 aromatic heterocycles. The number of nitrogens with two attached hydrogens (primary N) is 3. The van der Waals surface area contributed by atoms with Crippen LogP contribution in [0.4, 0.5) is 17.1 Å². The standard InChI is InChI=1S/C45H64N14O11/c1-24(2)18-32(56-44(66)36-13-9-17-57(36)35-15-14-28(58(67)68)21-37(35)59(69)70)41(63)51-23-38(60)53-33(19-25(3)4)43(65)55-34(20-27-22-50-30-11-7-6-10-29(27)30)42(64)52-26(5)40(62)54-31(39(46)61)12-8-16-49-45(47)48/h6-7,10-11,14-15,21-22,24-26,31-34,36,50H,8-9,12-13,16-20,23H2,1-5H3,(H2,46,61)(H,51,63)(H,52,64)(H,53,60)(H,54,62)(H,55,65)(H,56,66)(H4,47,48,49)/t26-,31+,32-,33-,34-,36-/m1/s1. The van der Waals surface area contributed by atoms with E-state index in [9.17, 15) is 53.8 Å². The second kappa shape index (κ2) is 25.5. The summed E-state index contributed by atoms with van der Waals surface area (Å²) in [5, 5.41) is 39.8. The van der Waals surface area contributed by atoms with Gasteiger partial charge < -0.3 is 59.0 Å². The number of guanidine groups is 1. The van der Waals surface area contributed by atoms with Crippen LogP contribution in [0.3, 0.4) is 0 Å². The highest BCUT2D eigenvalue weighted by molar-refractivity contribution is 5.97. The van der Waals surface area contributed by atoms with Gasteiger partial charge in [-0.05, 0) is 75.0 Å². The Balaban J connectivity index is 1.46. The maximum absolute atomic E-state index is 14.1. The molecule has 4 rings (SSSR count). The highest BCUT2D eigenvalue weighted by Gasteiger charge is 2.37. The number of aliphatic imine (C=N–C) groups is 1. The van der Waals surface area contributed by atoms with Gasteiger partial charge in [0.15, 0.2) is 5.96 Å². The second-order valence-corrected chi connectivity index (χ2v) is 18.0. The molecule has 3 aromatic rings. The van der Waals surface area contributed by atoms with E-state index in [0.717, 1.165) is 23.0 Å². The Kier molecular flexibility index (Phi) is 19.9. The van der Waals surface area contributed by atoms with Crippen molar-refractivity contribution in [2.45, 2.75) is 116 Å². The Bertz CT molecular complexity index is 2440. The fourth-order valence-corrected chi connectivity index (χ4v) is 8.02. The number of nitrogens with one attached hydrogen (secondary N) is 7. The van der Waals surface area contributed by atoms with Crippen LogP contribution in [-0.2, 0) is 40.0 Å². The van der Waals surface area contributed by atoms with Crippen LogP contribution >= 0.6 is 0 Å². The van der Waals surface area contributed by atoms with E-state index in [1.165, 1.54) is 17.9 Å². The molecule has 13 N–H and O–H groups in total. The number of para-hydroxylation sites is 1. The van der Waals surface area contributed by atoms with Crippen molar-refractivity contribution in [3.63, 3.8) is 0 Å². The van der Waals surface area contributed by atoms with Crippen LogP contribution in [0, 0.1) is 32.1 Å². The minimum absolute atomic E-state index is 0.0147. The SMILES string of the molecule is CC(C)C[C@@H](NC(=O)CNC(=O)[C@@H](CC(C)C)NC(=O)[C@H]1CCCN1c1ccc([N+](=O)[O-])cc1[N+](=O)[O-])C(=O)N[C@H](Cc1c[nH]c2ccccc12)C(=O)N[C@H](C)C(=O)N[C@@H](CCCN=C(N)N)C(N)=O. The van der Waals surface area contributed by atoms with Gasteiger partial charge in [0.2, 0.25) is 41.4 Å². The Hall–Kier alpha value is -7.86. The summed E-state index contributed by atoms with van der Waals surface area (Å²) >= 11 is 0. The van der Waals surface area contributed by atoms with Crippen molar-refractivity contribution in [3.8, 4) is 0 Å². The molecule has 0 spiro atoms. The van der Waals surface area contributed by atoms with Crippen LogP contribution in [0.2, 0.25) is 0 Å². The van der Waals surface area contributed by atoms with Gasteiger partial charge in [0.05, 0.1) is 22.5 Å². The normalized spacial score (nSPS) is 15.5. The van der Waals surface area contributed by atoms with Crippen molar-refractivity contribution < 1.29 is 43.4 Å². The number of anilines is 1. The molecule has 7 amide bonds. The molecule has 0 aliphatic carbocycles. The molecule has 0 saturated carbocycles. The zero-order valence-electron chi connectivity index (χ0n) is 39.8. The summed E-state index contributed by atoms with van der Waals surface area (Å²) in [6.07, 6.45) is 3.07. The number of aromatic nitrogens is 1. The Morgan fingerprint density at radius 2 is 1.43 bits per heavy atom. The Morgan fingerprint density at radius 1 is 0.786 bits per heavy atom. The second-order valence-electron chi connectivity index (χ2n) is 18.0. The van der Waals surface area contributed by atoms with Gasteiger partial charge in [-0.2, -0.15) is 0 Å². The average Bonchev–Trinajstić information content (AvgIpc) is 3.95. The van der Waals surface area contributed by atoms with Crippen LogP contribution in [0.1, 0.15) is 78.7 Å². The molecule has 1 aliphatic rings. The van der Waals surface area contributed by atoms with Gasteiger partial charge in [0.25, 0.3) is 11.4 Å². The summed E-state index contributed by atoms with van der Waals surface area (Å²) in [6.45, 7) is 8.46. The maximum Gasteiger partial charge on any atom is 0.299 e. The summed E-state index contributed by atoms with van der Waals surface area (Å²) in [6, 6.07) is 3.57. The number of nitrogens with zero attached hydrogens (tertiary/aromatic N) is 4. The van der Waals surface area contributed by atoms with E-state index < -0.39 is 105 Å². The molecular weight excluding hydrogens is 913 g/mol. The number of nitro groups is 2. The average molecular weight is 977 g/mol. The smallest absolute Gasteiger partial charge is 0.299 e. The topological polar surface area (TPSA) is 387 Å². The minimum atomic E-state index is -1.29. The van der Waals surface area contributed by atoms with Gasteiger partial charge in [-0.3, -0.25) is 58.8 Å². The first-order chi connectivity index (χ1) is 33.1. The molecular formula is C45H64N14O11. The largest absolute Gasteiger partial charge is 0.370 e. The van der Waals surface area contributed by atoms with Gasteiger partial charge in [-0.1, -0.05) is 45.9 Å². The van der Waals surface area contributed by atoms with Crippen molar-refractivity contribution in [1.29, 1.82) is 0 Å². The van der Waals surface area contributed by atoms with Crippen molar-refractivity contribution in [1.82, 2.24) is 36.9 Å². The third-order valence-corrected chi connectivity index (χ3v) is 11.4. The number of fused-ring (bicyclic) bond motifs is 1. The fraction of sp³-hybridized carbons (Fsp3) is 0.511. The number of hydrogen-bond donors (Lipinski definition) is 10. The summed E-state index contributed by atoms with van der Waals surface area (Å²) in [5.74, 6) is -5.53. The number of amides is 7. The van der Waals surface area contributed by atoms with Crippen LogP contribution in [-0.4, -0.2) is 118 Å². The molecule has 6 atom stereocenters. The van der Waals surface area contributed by atoms with E-state index >= 15 is 0 Å². The zero-order chi connectivity index (χ0) is 51.8. The van der Waals surface area contributed by atoms with Crippen molar-refractivity contribution in [2.75, 3.05) is 24.5 Å². The maximum atomic E-state index is 14.1. The predicted octanol–water partition coefficient (Wildman–Crippen LogP) is 0.387. The molecule has 380 valence electrons. The first kappa shape index (κ1) is 54.7. The first-order valence-corrected chi connectivity index (χ1v) is 22.9. The first-order valence-electron chi connectivity index (χ1n) is 22.9. The van der Waals surface area contributed by atoms with E-state index in [1.807, 2.05) is 52.0 Å². The molecule has 1 aliphatic heterocycles. The molecule has 1 saturated heterocycles. The molecule has 0 bridgehead atoms. The highest BCUT2D eigenvalue weighted by atomic mass is 16.6. The van der Waals surface area contributed by atoms with Crippen LogP contribution in [0.15, 0.2) is 53.7 Å². The Morgan fingerprint density at radius 3 is 2.06 bits per heavy atom. The van der Waals surface area contributed by atoms with Crippen molar-refractivity contribution in [2.24, 2.45) is 34.0 Å². The third kappa shape index (κ3) is 15.9. The molecule has 0 unspecified atom stereocenters. The van der Waals surface area contributed by atoms with Crippen LogP contribution in [0.5, 0.6) is 0 Å². The molecule has 25 heteroatoms. The summed E-state index contributed by atoms with van der Waals surface area (Å²) in [7, 11) is 0. The molecule has 25 nitrogen and oxygen atoms in total. The summed E-state index contributed by atoms with van der Waals surface area (Å²) < 4.78 is 0. The van der Waals surface area contributed by atoms with E-state index in [1.54, 1.807) is 6.20 Å². The molecule has 70 heavy (non-hydrogen) atoms. The summed E-state index contributed by atoms with van der Waals surface area (Å²) in [5.41, 5.74) is 16.6. The summed E-state index contributed by atoms with van der Waals surface area (Å²) in [4.78, 5) is 125. The number of nitro benzene ring substituents is 2. The molecule has 1 fully saturated rings. The zero-order valence-corrected chi connectivity index (χ0v) is 39.8. The number of non-ortho nitro benzene ring substituents is 1. The lowest BCUT2D eigenvalue weighted by molar-refractivity contribution is -0.393. The third-order valence-electron chi connectivity index (χ3n) is 11.4. The fourth-order valence-electron chi connectivity index (χ4n) is 8.02. The predicted molar refractivity (Wildman–Crippen MR) is 258 cm³/mol. The number of carbonyl (C=O) groups excluding carboxylic acids is 7. The van der Waals surface area contributed by atoms with Crippen molar-refractivity contribution in [3.05, 3.63) is 74.5 Å². The molecule has 2 aromatic carbocycles. The van der Waals surface area contributed by atoms with E-state index in [4.69, 9.17) is 17.2 Å². The number of H-pyrrole nitrogens is 1. The highest BCUT2D eigenvalue weighted by Crippen LogP contribution is 2.36. The number of rotatable bonds is 26. The monoisotopic (exact) mass is 976 g/mol. The van der Waals surface area contributed by atoms with Gasteiger partial charge in [0.1, 0.15) is 41.9 Å². The van der Waals surface area contributed by atoms with E-state index in [2.05, 4.69) is 41.9 Å².